The van der Waals surface area contributed by atoms with E-state index in [1.807, 2.05) is 47.7 Å². The van der Waals surface area contributed by atoms with E-state index in [1.54, 1.807) is 12.4 Å². The van der Waals surface area contributed by atoms with Gasteiger partial charge in [-0.3, -0.25) is 9.97 Å². The highest BCUT2D eigenvalue weighted by molar-refractivity contribution is 7.26. The zero-order valence-electron chi connectivity index (χ0n) is 27.4. The summed E-state index contributed by atoms with van der Waals surface area (Å²) in [6.07, 6.45) is 3.60. The maximum atomic E-state index is 5.30. The van der Waals surface area contributed by atoms with Crippen LogP contribution in [0.4, 0.5) is 0 Å². The number of thiophene rings is 1. The van der Waals surface area contributed by atoms with Crippen molar-refractivity contribution in [3.8, 4) is 56.3 Å². The van der Waals surface area contributed by atoms with Crippen molar-refractivity contribution < 1.29 is 0 Å². The van der Waals surface area contributed by atoms with E-state index in [9.17, 15) is 0 Å². The standard InChI is InChI=1S/C46H28N4S/c1-3-17-38-36(16-1)44-37(22-21-35-34-15-2-4-20-43(34)51-46(35)44)45(50-38)32-14-10-12-30(26-32)29-11-9-13-31(25-29)33-27-41(39-18-5-7-23-47-39)49-42(28-33)40-19-6-8-24-48-40/h1-28H. The highest BCUT2D eigenvalue weighted by Gasteiger charge is 2.17. The van der Waals surface area contributed by atoms with Gasteiger partial charge in [-0.1, -0.05) is 97.1 Å². The molecular formula is C46H28N4S. The van der Waals surface area contributed by atoms with Crippen molar-refractivity contribution >= 4 is 53.2 Å². The molecule has 10 rings (SSSR count). The summed E-state index contributed by atoms with van der Waals surface area (Å²) in [7, 11) is 0. The van der Waals surface area contributed by atoms with Crippen molar-refractivity contribution in [3.63, 3.8) is 0 Å². The van der Waals surface area contributed by atoms with Crippen LogP contribution in [0.15, 0.2) is 170 Å². The lowest BCUT2D eigenvalue weighted by molar-refractivity contribution is 1.22. The third-order valence-electron chi connectivity index (χ3n) is 9.55. The minimum atomic E-state index is 0.808. The molecular weight excluding hydrogens is 641 g/mol. The molecule has 0 saturated heterocycles. The van der Waals surface area contributed by atoms with E-state index < -0.39 is 0 Å². The first-order valence-corrected chi connectivity index (χ1v) is 17.8. The predicted molar refractivity (Wildman–Crippen MR) is 213 cm³/mol. The summed E-state index contributed by atoms with van der Waals surface area (Å²) in [5.41, 5.74) is 10.8. The second-order valence-electron chi connectivity index (χ2n) is 12.7. The van der Waals surface area contributed by atoms with Gasteiger partial charge in [0, 0.05) is 54.3 Å². The molecule has 0 unspecified atom stereocenters. The van der Waals surface area contributed by atoms with Gasteiger partial charge in [0.15, 0.2) is 0 Å². The van der Waals surface area contributed by atoms with Crippen LogP contribution in [0.1, 0.15) is 0 Å². The summed E-state index contributed by atoms with van der Waals surface area (Å²) in [6.45, 7) is 0. The molecule has 5 heteroatoms. The Morgan fingerprint density at radius 3 is 1.67 bits per heavy atom. The molecule has 5 aromatic carbocycles. The highest BCUT2D eigenvalue weighted by atomic mass is 32.1. The second kappa shape index (κ2) is 12.1. The van der Waals surface area contributed by atoms with Crippen LogP contribution in [0.2, 0.25) is 0 Å². The molecule has 0 saturated carbocycles. The van der Waals surface area contributed by atoms with E-state index in [-0.39, 0.29) is 0 Å². The van der Waals surface area contributed by atoms with Gasteiger partial charge in [-0.25, -0.2) is 9.97 Å². The molecule has 10 aromatic rings. The summed E-state index contributed by atoms with van der Waals surface area (Å²) < 4.78 is 2.61. The van der Waals surface area contributed by atoms with E-state index >= 15 is 0 Å². The number of hydrogen-bond acceptors (Lipinski definition) is 5. The van der Waals surface area contributed by atoms with Gasteiger partial charge >= 0.3 is 0 Å². The molecule has 5 heterocycles. The van der Waals surface area contributed by atoms with Crippen LogP contribution in [-0.2, 0) is 0 Å². The van der Waals surface area contributed by atoms with Crippen molar-refractivity contribution in [3.05, 3.63) is 170 Å². The van der Waals surface area contributed by atoms with Crippen molar-refractivity contribution in [2.75, 3.05) is 0 Å². The van der Waals surface area contributed by atoms with Crippen LogP contribution in [0, 0.1) is 0 Å². The first-order chi connectivity index (χ1) is 25.3. The monoisotopic (exact) mass is 668 g/mol. The SMILES string of the molecule is c1ccc(-c2cc(-c3cccc(-c4cccc(-c5nc6ccccc6c6c5ccc5c7ccccc7sc56)c4)c3)cc(-c3ccccn3)n2)nc1. The predicted octanol–water partition coefficient (Wildman–Crippen LogP) is 12.3. The molecule has 0 atom stereocenters. The van der Waals surface area contributed by atoms with Gasteiger partial charge < -0.3 is 0 Å². The van der Waals surface area contributed by atoms with Crippen molar-refractivity contribution in [1.82, 2.24) is 19.9 Å². The fourth-order valence-electron chi connectivity index (χ4n) is 7.15. The Balaban J connectivity index is 1.12. The summed E-state index contributed by atoms with van der Waals surface area (Å²) in [6, 6.07) is 55.3. The Hall–Kier alpha value is -6.56. The van der Waals surface area contributed by atoms with Crippen LogP contribution in [0.3, 0.4) is 0 Å². The smallest absolute Gasteiger partial charge is 0.0900 e. The van der Waals surface area contributed by atoms with Crippen LogP contribution in [-0.4, -0.2) is 19.9 Å². The number of pyridine rings is 4. The minimum absolute atomic E-state index is 0.808. The lowest BCUT2D eigenvalue weighted by Gasteiger charge is -2.13. The Bertz CT molecular complexity index is 2860. The first kappa shape index (κ1) is 29.4. The van der Waals surface area contributed by atoms with Gasteiger partial charge in [0.1, 0.15) is 0 Å². The topological polar surface area (TPSA) is 51.6 Å². The van der Waals surface area contributed by atoms with Crippen LogP contribution >= 0.6 is 11.3 Å². The van der Waals surface area contributed by atoms with E-state index in [4.69, 9.17) is 9.97 Å². The quantitative estimate of drug-likeness (QED) is 0.171. The molecule has 0 amide bonds. The molecule has 4 nitrogen and oxygen atoms in total. The fourth-order valence-corrected chi connectivity index (χ4v) is 8.41. The van der Waals surface area contributed by atoms with Gasteiger partial charge in [-0.05, 0) is 82.9 Å². The number of fused-ring (bicyclic) bond motifs is 7. The molecule has 0 aliphatic rings. The van der Waals surface area contributed by atoms with Crippen LogP contribution in [0.5, 0.6) is 0 Å². The summed E-state index contributed by atoms with van der Waals surface area (Å²) in [5, 5.41) is 6.22. The van der Waals surface area contributed by atoms with Crippen molar-refractivity contribution in [1.29, 1.82) is 0 Å². The Kier molecular flexibility index (Phi) is 6.96. The number of para-hydroxylation sites is 1. The summed E-state index contributed by atoms with van der Waals surface area (Å²) >= 11 is 1.87. The molecule has 238 valence electrons. The van der Waals surface area contributed by atoms with Gasteiger partial charge in [0.25, 0.3) is 0 Å². The third-order valence-corrected chi connectivity index (χ3v) is 10.8. The largest absolute Gasteiger partial charge is 0.255 e. The lowest BCUT2D eigenvalue weighted by atomic mass is 9.94. The molecule has 5 aromatic heterocycles. The molecule has 51 heavy (non-hydrogen) atoms. The van der Waals surface area contributed by atoms with E-state index in [2.05, 4.69) is 131 Å². The van der Waals surface area contributed by atoms with Crippen molar-refractivity contribution in [2.45, 2.75) is 0 Å². The maximum absolute atomic E-state index is 5.30. The van der Waals surface area contributed by atoms with Crippen molar-refractivity contribution in [2.24, 2.45) is 0 Å². The molecule has 0 N–H and O–H groups in total. The normalized spacial score (nSPS) is 11.5. The zero-order valence-corrected chi connectivity index (χ0v) is 28.2. The Morgan fingerprint density at radius 1 is 0.373 bits per heavy atom. The van der Waals surface area contributed by atoms with Gasteiger partial charge in [-0.2, -0.15) is 0 Å². The van der Waals surface area contributed by atoms with Crippen LogP contribution < -0.4 is 0 Å². The summed E-state index contributed by atoms with van der Waals surface area (Å²) in [4.78, 5) is 19.5. The lowest BCUT2D eigenvalue weighted by Crippen LogP contribution is -1.94. The second-order valence-corrected chi connectivity index (χ2v) is 13.7. The maximum Gasteiger partial charge on any atom is 0.0900 e. The number of benzene rings is 5. The third kappa shape index (κ3) is 5.14. The van der Waals surface area contributed by atoms with E-state index in [0.717, 1.165) is 61.8 Å². The van der Waals surface area contributed by atoms with Crippen LogP contribution in [0.25, 0.3) is 98.1 Å². The minimum Gasteiger partial charge on any atom is -0.255 e. The highest BCUT2D eigenvalue weighted by Crippen LogP contribution is 2.43. The fraction of sp³-hybridized carbons (Fsp3) is 0. The number of nitrogens with zero attached hydrogens (tertiary/aromatic N) is 4. The van der Waals surface area contributed by atoms with Gasteiger partial charge in [-0.15, -0.1) is 11.3 Å². The number of hydrogen-bond donors (Lipinski definition) is 0. The molecule has 0 aliphatic heterocycles. The average Bonchev–Trinajstić information content (AvgIpc) is 3.60. The molecule has 0 bridgehead atoms. The summed E-state index contributed by atoms with van der Waals surface area (Å²) in [5.74, 6) is 0. The Morgan fingerprint density at radius 2 is 0.961 bits per heavy atom. The van der Waals surface area contributed by atoms with Gasteiger partial charge in [0.2, 0.25) is 0 Å². The number of rotatable bonds is 5. The molecule has 0 radical (unpaired) electrons. The van der Waals surface area contributed by atoms with E-state index in [0.29, 0.717) is 0 Å². The van der Waals surface area contributed by atoms with Gasteiger partial charge in [0.05, 0.1) is 34.0 Å². The molecule has 0 aliphatic carbocycles. The number of aromatic nitrogens is 4. The zero-order chi connectivity index (χ0) is 33.7. The first-order valence-electron chi connectivity index (χ1n) is 17.0. The molecule has 0 fully saturated rings. The van der Waals surface area contributed by atoms with E-state index in [1.165, 1.54) is 36.3 Å². The average molecular weight is 669 g/mol. The Labute approximate surface area is 298 Å². The molecule has 0 spiro atoms.